The highest BCUT2D eigenvalue weighted by Crippen LogP contribution is 2.42. The third kappa shape index (κ3) is 4.93. The minimum absolute atomic E-state index is 0.109. The van der Waals surface area contributed by atoms with Gasteiger partial charge in [-0.2, -0.15) is 0 Å². The van der Waals surface area contributed by atoms with Gasteiger partial charge in [-0.15, -0.1) is 0 Å². The number of ether oxygens (including phenoxy) is 2. The summed E-state index contributed by atoms with van der Waals surface area (Å²) in [6, 6.07) is 9.74. The Bertz CT molecular complexity index is 1060. The van der Waals surface area contributed by atoms with Gasteiger partial charge in [0.25, 0.3) is 0 Å². The van der Waals surface area contributed by atoms with Crippen molar-refractivity contribution in [3.8, 4) is 16.9 Å². The van der Waals surface area contributed by atoms with Crippen LogP contribution in [0.25, 0.3) is 11.1 Å². The van der Waals surface area contributed by atoms with Gasteiger partial charge in [-0.3, -0.25) is 9.59 Å². The Kier molecular flexibility index (Phi) is 6.52. The Hall–Kier alpha value is -2.97. The molecule has 1 aliphatic carbocycles. The summed E-state index contributed by atoms with van der Waals surface area (Å²) in [4.78, 5) is 31.3. The maximum Gasteiger partial charge on any atom is 0.229 e. The van der Waals surface area contributed by atoms with Crippen molar-refractivity contribution in [1.82, 2.24) is 9.88 Å². The molecule has 0 bridgehead atoms. The zero-order chi connectivity index (χ0) is 23.7. The van der Waals surface area contributed by atoms with E-state index >= 15 is 0 Å². The summed E-state index contributed by atoms with van der Waals surface area (Å²) in [6.07, 6.45) is 4.20. The van der Waals surface area contributed by atoms with Crippen LogP contribution in [0.5, 0.6) is 5.75 Å². The number of nitrogens with two attached hydrogens (primary N) is 1. The van der Waals surface area contributed by atoms with Crippen molar-refractivity contribution in [2.24, 2.45) is 23.5 Å². The van der Waals surface area contributed by atoms with E-state index < -0.39 is 0 Å². The lowest BCUT2D eigenvalue weighted by Crippen LogP contribution is -2.49. The van der Waals surface area contributed by atoms with Crippen LogP contribution >= 0.6 is 0 Å². The number of benzene rings is 1. The topological polar surface area (TPSA) is 107 Å². The average molecular weight is 465 g/mol. The summed E-state index contributed by atoms with van der Waals surface area (Å²) in [7, 11) is 0. The molecule has 2 aliphatic heterocycles. The fraction of sp³-hybridized carbons (Fsp3) is 0.500. The van der Waals surface area contributed by atoms with E-state index in [-0.39, 0.29) is 29.8 Å². The second-order valence-electron chi connectivity index (χ2n) is 9.67. The number of likely N-dealkylation sites (tertiary alicyclic amines) is 1. The van der Waals surface area contributed by atoms with Gasteiger partial charge in [0, 0.05) is 44.2 Å². The lowest BCUT2D eigenvalue weighted by molar-refractivity contribution is -0.139. The van der Waals surface area contributed by atoms with Crippen LogP contribution in [0.3, 0.4) is 0 Å². The summed E-state index contributed by atoms with van der Waals surface area (Å²) in [6.45, 7) is 5.55. The van der Waals surface area contributed by atoms with Crippen LogP contribution in [-0.4, -0.2) is 54.1 Å². The molecule has 2 saturated heterocycles. The second kappa shape index (κ2) is 9.72. The number of rotatable bonds is 7. The summed E-state index contributed by atoms with van der Waals surface area (Å²) in [5, 5.41) is 2.89. The molecule has 0 spiro atoms. The van der Waals surface area contributed by atoms with E-state index in [4.69, 9.17) is 15.2 Å². The number of amides is 2. The number of hydrogen-bond donors (Lipinski definition) is 2. The van der Waals surface area contributed by atoms with Crippen molar-refractivity contribution in [2.45, 2.75) is 38.8 Å². The van der Waals surface area contributed by atoms with Gasteiger partial charge in [-0.1, -0.05) is 13.0 Å². The van der Waals surface area contributed by atoms with Crippen molar-refractivity contribution in [3.63, 3.8) is 0 Å². The summed E-state index contributed by atoms with van der Waals surface area (Å²) in [5.74, 6) is 1.36. The van der Waals surface area contributed by atoms with E-state index in [1.54, 1.807) is 6.20 Å². The molecule has 8 nitrogen and oxygen atoms in total. The van der Waals surface area contributed by atoms with E-state index in [0.29, 0.717) is 24.7 Å². The van der Waals surface area contributed by atoms with Crippen LogP contribution in [0.4, 0.5) is 5.82 Å². The largest absolute Gasteiger partial charge is 0.490 e. The number of aromatic nitrogens is 1. The first-order chi connectivity index (χ1) is 16.5. The number of carbonyl (C=O) groups is 2. The fourth-order valence-corrected chi connectivity index (χ4v) is 4.78. The van der Waals surface area contributed by atoms with Crippen LogP contribution in [0, 0.1) is 17.8 Å². The first kappa shape index (κ1) is 22.8. The first-order valence-electron chi connectivity index (χ1n) is 12.2. The highest BCUT2D eigenvalue weighted by molar-refractivity contribution is 5.99. The molecular formula is C26H32N4O4. The molecule has 3 fully saturated rings. The quantitative estimate of drug-likeness (QED) is 0.653. The number of carbonyl (C=O) groups excluding carboxylic acids is 2. The Morgan fingerprint density at radius 1 is 1.15 bits per heavy atom. The van der Waals surface area contributed by atoms with E-state index in [0.717, 1.165) is 61.6 Å². The smallest absolute Gasteiger partial charge is 0.229 e. The number of nitrogens with zero attached hydrogens (tertiary/aromatic N) is 2. The van der Waals surface area contributed by atoms with E-state index in [9.17, 15) is 9.59 Å². The Labute approximate surface area is 199 Å². The maximum atomic E-state index is 12.7. The number of hydrogen-bond acceptors (Lipinski definition) is 6. The van der Waals surface area contributed by atoms with Gasteiger partial charge in [-0.25, -0.2) is 4.98 Å². The van der Waals surface area contributed by atoms with Gasteiger partial charge in [0.2, 0.25) is 11.8 Å². The van der Waals surface area contributed by atoms with E-state index in [1.165, 1.54) is 0 Å². The molecule has 5 rings (SSSR count). The van der Waals surface area contributed by atoms with Crippen molar-refractivity contribution in [1.29, 1.82) is 0 Å². The van der Waals surface area contributed by atoms with Crippen LogP contribution in [-0.2, 0) is 20.9 Å². The molecule has 3 aliphatic rings. The van der Waals surface area contributed by atoms with Crippen molar-refractivity contribution < 1.29 is 19.1 Å². The lowest BCUT2D eigenvalue weighted by Gasteiger charge is -2.37. The zero-order valence-electron chi connectivity index (χ0n) is 19.5. The molecule has 3 N–H and O–H groups in total. The van der Waals surface area contributed by atoms with Crippen LogP contribution in [0.2, 0.25) is 0 Å². The monoisotopic (exact) mass is 464 g/mol. The predicted molar refractivity (Wildman–Crippen MR) is 128 cm³/mol. The maximum absolute atomic E-state index is 12.7. The molecule has 2 atom stereocenters. The molecule has 1 aromatic carbocycles. The van der Waals surface area contributed by atoms with Crippen LogP contribution in [0.1, 0.15) is 31.7 Å². The molecular weight excluding hydrogens is 432 g/mol. The molecule has 180 valence electrons. The molecule has 34 heavy (non-hydrogen) atoms. The van der Waals surface area contributed by atoms with Crippen molar-refractivity contribution in [2.75, 3.05) is 31.6 Å². The number of anilines is 1. The molecule has 0 radical (unpaired) electrons. The molecule has 8 heteroatoms. The zero-order valence-corrected chi connectivity index (χ0v) is 19.5. The van der Waals surface area contributed by atoms with E-state index in [2.05, 4.69) is 17.2 Å². The summed E-state index contributed by atoms with van der Waals surface area (Å²) in [5.41, 5.74) is 8.85. The van der Waals surface area contributed by atoms with Gasteiger partial charge in [0.15, 0.2) is 0 Å². The lowest BCUT2D eigenvalue weighted by atomic mass is 10.0. The Morgan fingerprint density at radius 2 is 1.91 bits per heavy atom. The average Bonchev–Trinajstić information content (AvgIpc) is 3.64. The fourth-order valence-electron chi connectivity index (χ4n) is 4.78. The minimum atomic E-state index is -0.265. The SMILES string of the molecule is CC1CN(C(=O)[C@@H]2C[C@H]2C(=O)Nc2cc(-c3ccc(OC4CCOCC4)c(CN)c3)ccn2)C1. The first-order valence-corrected chi connectivity index (χ1v) is 12.2. The normalized spacial score (nSPS) is 22.7. The van der Waals surface area contributed by atoms with Gasteiger partial charge < -0.3 is 25.4 Å². The van der Waals surface area contributed by atoms with Crippen LogP contribution < -0.4 is 15.8 Å². The number of nitrogens with one attached hydrogen (secondary N) is 1. The number of pyridine rings is 1. The van der Waals surface area contributed by atoms with Crippen molar-refractivity contribution in [3.05, 3.63) is 42.1 Å². The third-order valence-electron chi connectivity index (χ3n) is 6.91. The van der Waals surface area contributed by atoms with Crippen molar-refractivity contribution >= 4 is 17.6 Å². The summed E-state index contributed by atoms with van der Waals surface area (Å²) >= 11 is 0. The highest BCUT2D eigenvalue weighted by atomic mass is 16.5. The molecule has 0 unspecified atom stereocenters. The molecule has 3 heterocycles. The predicted octanol–water partition coefficient (Wildman–Crippen LogP) is 2.82. The summed E-state index contributed by atoms with van der Waals surface area (Å²) < 4.78 is 11.6. The molecule has 1 aromatic heterocycles. The highest BCUT2D eigenvalue weighted by Gasteiger charge is 2.50. The minimum Gasteiger partial charge on any atom is -0.490 e. The Balaban J connectivity index is 1.23. The third-order valence-corrected chi connectivity index (χ3v) is 6.91. The molecule has 2 amide bonds. The standard InChI is InChI=1S/C26H32N4O4/c1-16-14-30(15-16)26(32)22-12-21(22)25(31)29-24-11-18(4-7-28-24)17-2-3-23(19(10-17)13-27)34-20-5-8-33-9-6-20/h2-4,7,10-11,16,20-22H,5-6,8-9,12-15,27H2,1H3,(H,28,29,31)/t21-,22-/m1/s1. The van der Waals surface area contributed by atoms with Gasteiger partial charge >= 0.3 is 0 Å². The Morgan fingerprint density at radius 3 is 2.65 bits per heavy atom. The molecule has 1 saturated carbocycles. The van der Waals surface area contributed by atoms with E-state index in [1.807, 2.05) is 35.2 Å². The van der Waals surface area contributed by atoms with Gasteiger partial charge in [0.05, 0.1) is 25.0 Å². The van der Waals surface area contributed by atoms with Crippen LogP contribution in [0.15, 0.2) is 36.5 Å². The van der Waals surface area contributed by atoms with Gasteiger partial charge in [0.1, 0.15) is 17.7 Å². The molecule has 2 aromatic rings. The second-order valence-corrected chi connectivity index (χ2v) is 9.67. The van der Waals surface area contributed by atoms with Gasteiger partial charge in [-0.05, 0) is 47.7 Å².